The van der Waals surface area contributed by atoms with Gasteiger partial charge in [-0.05, 0) is 6.42 Å². The molecular weight excluding hydrogens is 373 g/mol. The third kappa shape index (κ3) is 4.64. The molecule has 5 nitrogen and oxygen atoms in total. The van der Waals surface area contributed by atoms with E-state index in [1.54, 1.807) is 18.4 Å². The van der Waals surface area contributed by atoms with Crippen LogP contribution in [0.2, 0.25) is 0 Å². The summed E-state index contributed by atoms with van der Waals surface area (Å²) < 4.78 is 2.04. The maximum absolute atomic E-state index is 4.51. The van der Waals surface area contributed by atoms with Gasteiger partial charge in [0.15, 0.2) is 10.9 Å². The second-order valence-corrected chi connectivity index (χ2v) is 4.90. The van der Waals surface area contributed by atoms with Crippen molar-refractivity contribution < 1.29 is 0 Å². The van der Waals surface area contributed by atoms with Gasteiger partial charge in [-0.15, -0.1) is 35.3 Å². The Balaban J connectivity index is 0.00000180. The van der Waals surface area contributed by atoms with Crippen molar-refractivity contribution in [2.45, 2.75) is 26.3 Å². The summed E-state index contributed by atoms with van der Waals surface area (Å²) in [6, 6.07) is 0. The van der Waals surface area contributed by atoms with E-state index in [1.807, 2.05) is 22.2 Å². The third-order valence-electron chi connectivity index (χ3n) is 2.63. The summed E-state index contributed by atoms with van der Waals surface area (Å²) in [7, 11) is 1.78. The molecule has 0 saturated carbocycles. The van der Waals surface area contributed by atoms with Crippen LogP contribution in [0.25, 0.3) is 4.96 Å². The molecule has 0 bridgehead atoms. The van der Waals surface area contributed by atoms with Gasteiger partial charge in [-0.25, -0.2) is 4.98 Å². The minimum Gasteiger partial charge on any atom is -0.356 e. The predicted molar refractivity (Wildman–Crippen MR) is 91.6 cm³/mol. The van der Waals surface area contributed by atoms with Gasteiger partial charge in [-0.1, -0.05) is 13.3 Å². The second-order valence-electron chi connectivity index (χ2n) is 4.03. The highest BCUT2D eigenvalue weighted by Crippen LogP contribution is 2.10. The fourth-order valence-corrected chi connectivity index (χ4v) is 2.36. The molecule has 0 aliphatic heterocycles. The Labute approximate surface area is 134 Å². The molecule has 0 radical (unpaired) electrons. The summed E-state index contributed by atoms with van der Waals surface area (Å²) in [5, 5.41) is 8.57. The number of fused-ring (bicyclic) bond motifs is 1. The number of rotatable bonds is 5. The molecule has 0 saturated heterocycles. The maximum atomic E-state index is 4.51. The summed E-state index contributed by atoms with van der Waals surface area (Å²) in [4.78, 5) is 9.72. The lowest BCUT2D eigenvalue weighted by molar-refractivity contribution is 0.726. The van der Waals surface area contributed by atoms with Crippen molar-refractivity contribution in [3.05, 3.63) is 23.5 Å². The summed E-state index contributed by atoms with van der Waals surface area (Å²) in [6.07, 6.45) is 6.39. The van der Waals surface area contributed by atoms with Crippen molar-refractivity contribution in [2.75, 3.05) is 13.6 Å². The van der Waals surface area contributed by atoms with Crippen molar-refractivity contribution >= 4 is 46.2 Å². The number of nitrogens with one attached hydrogen (secondary N) is 2. The molecule has 2 heterocycles. The van der Waals surface area contributed by atoms with Crippen LogP contribution in [-0.4, -0.2) is 28.9 Å². The van der Waals surface area contributed by atoms with Crippen LogP contribution in [0.15, 0.2) is 22.8 Å². The number of unbranched alkanes of at least 4 members (excludes halogenated alkanes) is 1. The van der Waals surface area contributed by atoms with E-state index in [1.165, 1.54) is 6.42 Å². The number of guanidine groups is 1. The zero-order valence-electron chi connectivity index (χ0n) is 11.2. The Hall–Kier alpha value is -0.830. The van der Waals surface area contributed by atoms with E-state index in [4.69, 9.17) is 0 Å². The van der Waals surface area contributed by atoms with Crippen molar-refractivity contribution in [1.82, 2.24) is 20.0 Å². The number of hydrogen-bond donors (Lipinski definition) is 2. The highest BCUT2D eigenvalue weighted by Gasteiger charge is 2.03. The first-order valence-electron chi connectivity index (χ1n) is 6.19. The maximum Gasteiger partial charge on any atom is 0.193 e. The molecule has 106 valence electrons. The van der Waals surface area contributed by atoms with Gasteiger partial charge in [0.05, 0.1) is 12.2 Å². The Morgan fingerprint density at radius 2 is 2.32 bits per heavy atom. The average molecular weight is 393 g/mol. The van der Waals surface area contributed by atoms with E-state index in [2.05, 4.69) is 27.5 Å². The minimum atomic E-state index is 0. The highest BCUT2D eigenvalue weighted by atomic mass is 127. The molecule has 2 aromatic heterocycles. The molecule has 0 amide bonds. The van der Waals surface area contributed by atoms with E-state index >= 15 is 0 Å². The Bertz CT molecular complexity index is 490. The number of imidazole rings is 1. The number of thiazole rings is 1. The molecule has 7 heteroatoms. The molecule has 2 aromatic rings. The second kappa shape index (κ2) is 8.36. The van der Waals surface area contributed by atoms with Crippen molar-refractivity contribution in [3.63, 3.8) is 0 Å². The molecule has 0 spiro atoms. The molecule has 0 aliphatic carbocycles. The topological polar surface area (TPSA) is 53.7 Å². The fourth-order valence-electron chi connectivity index (χ4n) is 1.64. The SMILES string of the molecule is CCCCNC(=NC)NCc1cn2ccsc2n1.I. The standard InChI is InChI=1S/C12H19N5S.HI/c1-3-4-5-14-11(13-2)15-8-10-9-17-6-7-18-12(17)16-10;/h6-7,9H,3-5,8H2,1-2H3,(H2,13,14,15);1H. The van der Waals surface area contributed by atoms with Crippen molar-refractivity contribution in [3.8, 4) is 0 Å². The van der Waals surface area contributed by atoms with E-state index < -0.39 is 0 Å². The molecule has 0 unspecified atom stereocenters. The van der Waals surface area contributed by atoms with Crippen LogP contribution < -0.4 is 10.6 Å². The monoisotopic (exact) mass is 393 g/mol. The van der Waals surface area contributed by atoms with Crippen LogP contribution in [0, 0.1) is 0 Å². The van der Waals surface area contributed by atoms with Gasteiger partial charge in [0, 0.05) is 31.4 Å². The minimum absolute atomic E-state index is 0. The summed E-state index contributed by atoms with van der Waals surface area (Å²) in [6.45, 7) is 3.82. The van der Waals surface area contributed by atoms with E-state index in [0.717, 1.165) is 29.6 Å². The lowest BCUT2D eigenvalue weighted by Gasteiger charge is -2.10. The first-order valence-corrected chi connectivity index (χ1v) is 7.07. The number of aromatic nitrogens is 2. The lowest BCUT2D eigenvalue weighted by Crippen LogP contribution is -2.37. The van der Waals surface area contributed by atoms with E-state index in [0.29, 0.717) is 6.54 Å². The Morgan fingerprint density at radius 1 is 1.47 bits per heavy atom. The van der Waals surface area contributed by atoms with Crippen LogP contribution in [0.4, 0.5) is 0 Å². The summed E-state index contributed by atoms with van der Waals surface area (Å²) in [5.41, 5.74) is 1.03. The molecular formula is C12H20IN5S. The van der Waals surface area contributed by atoms with E-state index in [-0.39, 0.29) is 24.0 Å². The smallest absolute Gasteiger partial charge is 0.193 e. The highest BCUT2D eigenvalue weighted by molar-refractivity contribution is 14.0. The van der Waals surface area contributed by atoms with Gasteiger partial charge < -0.3 is 10.6 Å². The molecule has 0 aromatic carbocycles. The molecule has 0 atom stereocenters. The first-order chi connectivity index (χ1) is 8.83. The Kier molecular flexibility index (Phi) is 7.14. The zero-order chi connectivity index (χ0) is 12.8. The van der Waals surface area contributed by atoms with Crippen LogP contribution in [-0.2, 0) is 6.54 Å². The van der Waals surface area contributed by atoms with Crippen molar-refractivity contribution in [2.24, 2.45) is 4.99 Å². The van der Waals surface area contributed by atoms with Gasteiger partial charge >= 0.3 is 0 Å². The normalized spacial score (nSPS) is 11.4. The fraction of sp³-hybridized carbons (Fsp3) is 0.500. The quantitative estimate of drug-likeness (QED) is 0.355. The largest absolute Gasteiger partial charge is 0.356 e. The molecule has 2 N–H and O–H groups in total. The van der Waals surface area contributed by atoms with Gasteiger partial charge in [-0.3, -0.25) is 9.39 Å². The number of hydrogen-bond acceptors (Lipinski definition) is 3. The lowest BCUT2D eigenvalue weighted by atomic mass is 10.3. The van der Waals surface area contributed by atoms with E-state index in [9.17, 15) is 0 Å². The van der Waals surface area contributed by atoms with Crippen molar-refractivity contribution in [1.29, 1.82) is 0 Å². The zero-order valence-corrected chi connectivity index (χ0v) is 14.4. The van der Waals surface area contributed by atoms with Crippen LogP contribution in [0.5, 0.6) is 0 Å². The van der Waals surface area contributed by atoms with Gasteiger partial charge in [0.1, 0.15) is 0 Å². The average Bonchev–Trinajstić information content (AvgIpc) is 2.94. The molecule has 19 heavy (non-hydrogen) atoms. The third-order valence-corrected chi connectivity index (χ3v) is 3.40. The molecule has 2 rings (SSSR count). The number of aliphatic imine (C=N–C) groups is 1. The number of halogens is 1. The van der Waals surface area contributed by atoms with Crippen LogP contribution >= 0.6 is 35.3 Å². The predicted octanol–water partition coefficient (Wildman–Crippen LogP) is 2.48. The molecule has 0 aliphatic rings. The van der Waals surface area contributed by atoms with Crippen LogP contribution in [0.1, 0.15) is 25.5 Å². The summed E-state index contributed by atoms with van der Waals surface area (Å²) in [5.74, 6) is 0.833. The van der Waals surface area contributed by atoms with Gasteiger partial charge in [-0.2, -0.15) is 0 Å². The summed E-state index contributed by atoms with van der Waals surface area (Å²) >= 11 is 1.64. The van der Waals surface area contributed by atoms with Crippen LogP contribution in [0.3, 0.4) is 0 Å². The number of nitrogens with zero attached hydrogens (tertiary/aromatic N) is 3. The molecule has 0 fully saturated rings. The van der Waals surface area contributed by atoms with Gasteiger partial charge in [0.2, 0.25) is 0 Å². The first kappa shape index (κ1) is 16.2. The van der Waals surface area contributed by atoms with Gasteiger partial charge in [0.25, 0.3) is 0 Å². The Morgan fingerprint density at radius 3 is 3.00 bits per heavy atom.